The minimum atomic E-state index is -0.478. The molecular formula is C24H21FN4O. The third kappa shape index (κ3) is 4.72. The SMILES string of the molecule is O=C(NCc1cn(Cc2ccccc2)nc1-c1ccccc1)Nc1ccccc1F. The summed E-state index contributed by atoms with van der Waals surface area (Å²) < 4.78 is 15.6. The minimum Gasteiger partial charge on any atom is -0.334 e. The van der Waals surface area contributed by atoms with E-state index in [0.717, 1.165) is 22.4 Å². The van der Waals surface area contributed by atoms with E-state index in [2.05, 4.69) is 10.6 Å². The van der Waals surface area contributed by atoms with Crippen LogP contribution in [-0.4, -0.2) is 15.8 Å². The summed E-state index contributed by atoms with van der Waals surface area (Å²) in [6.07, 6.45) is 1.93. The first-order valence-corrected chi connectivity index (χ1v) is 9.64. The molecule has 0 saturated heterocycles. The van der Waals surface area contributed by atoms with Crippen LogP contribution in [0.3, 0.4) is 0 Å². The van der Waals surface area contributed by atoms with E-state index in [4.69, 9.17) is 5.10 Å². The molecule has 4 aromatic rings. The second kappa shape index (κ2) is 9.05. The predicted octanol–water partition coefficient (Wildman–Crippen LogP) is 5.06. The maximum absolute atomic E-state index is 13.8. The van der Waals surface area contributed by atoms with E-state index in [-0.39, 0.29) is 12.2 Å². The zero-order chi connectivity index (χ0) is 20.8. The average molecular weight is 400 g/mol. The van der Waals surface area contributed by atoms with Crippen molar-refractivity contribution in [3.05, 3.63) is 108 Å². The van der Waals surface area contributed by atoms with Crippen LogP contribution in [0, 0.1) is 5.82 Å². The van der Waals surface area contributed by atoms with Crippen LogP contribution in [-0.2, 0) is 13.1 Å². The molecule has 0 aliphatic carbocycles. The minimum absolute atomic E-state index is 0.137. The van der Waals surface area contributed by atoms with Gasteiger partial charge in [-0.1, -0.05) is 72.8 Å². The van der Waals surface area contributed by atoms with E-state index in [1.165, 1.54) is 12.1 Å². The highest BCUT2D eigenvalue weighted by atomic mass is 19.1. The Labute approximate surface area is 174 Å². The Hall–Kier alpha value is -3.93. The van der Waals surface area contributed by atoms with Crippen LogP contribution in [0.15, 0.2) is 91.1 Å². The molecule has 2 amide bonds. The van der Waals surface area contributed by atoms with E-state index in [9.17, 15) is 9.18 Å². The molecule has 0 atom stereocenters. The van der Waals surface area contributed by atoms with Gasteiger partial charge in [0.15, 0.2) is 0 Å². The topological polar surface area (TPSA) is 59.0 Å². The molecule has 6 heteroatoms. The molecule has 0 radical (unpaired) electrons. The van der Waals surface area contributed by atoms with Gasteiger partial charge in [-0.05, 0) is 17.7 Å². The van der Waals surface area contributed by atoms with E-state index in [0.29, 0.717) is 6.54 Å². The molecule has 0 bridgehead atoms. The molecule has 30 heavy (non-hydrogen) atoms. The van der Waals surface area contributed by atoms with Gasteiger partial charge >= 0.3 is 6.03 Å². The smallest absolute Gasteiger partial charge is 0.319 e. The number of para-hydroxylation sites is 1. The molecule has 0 spiro atoms. The third-order valence-corrected chi connectivity index (χ3v) is 4.63. The summed E-state index contributed by atoms with van der Waals surface area (Å²) in [4.78, 5) is 12.3. The van der Waals surface area contributed by atoms with Crippen molar-refractivity contribution in [2.45, 2.75) is 13.1 Å². The summed E-state index contributed by atoms with van der Waals surface area (Å²) in [6, 6.07) is 25.5. The number of aromatic nitrogens is 2. The second-order valence-corrected chi connectivity index (χ2v) is 6.84. The highest BCUT2D eigenvalue weighted by Crippen LogP contribution is 2.22. The maximum atomic E-state index is 13.8. The first-order valence-electron chi connectivity index (χ1n) is 9.64. The zero-order valence-corrected chi connectivity index (χ0v) is 16.3. The largest absolute Gasteiger partial charge is 0.334 e. The van der Waals surface area contributed by atoms with Crippen LogP contribution in [0.2, 0.25) is 0 Å². The quantitative estimate of drug-likeness (QED) is 0.475. The normalized spacial score (nSPS) is 10.6. The Kier molecular flexibility index (Phi) is 5.85. The summed E-state index contributed by atoms with van der Waals surface area (Å²) in [7, 11) is 0. The van der Waals surface area contributed by atoms with Crippen LogP contribution >= 0.6 is 0 Å². The molecule has 5 nitrogen and oxygen atoms in total. The number of nitrogens with zero attached hydrogens (tertiary/aromatic N) is 2. The third-order valence-electron chi connectivity index (χ3n) is 4.63. The molecule has 0 aliphatic heterocycles. The standard InChI is InChI=1S/C24H21FN4O/c25-21-13-7-8-14-22(21)27-24(30)26-15-20-17-29(16-18-9-3-1-4-10-18)28-23(20)19-11-5-2-6-12-19/h1-14,17H,15-16H2,(H2,26,27,30). The molecule has 0 aliphatic rings. The van der Waals surface area contributed by atoms with Crippen molar-refractivity contribution in [1.29, 1.82) is 0 Å². The lowest BCUT2D eigenvalue weighted by Gasteiger charge is -2.08. The van der Waals surface area contributed by atoms with E-state index in [1.54, 1.807) is 12.1 Å². The molecule has 0 fully saturated rings. The molecule has 0 unspecified atom stereocenters. The van der Waals surface area contributed by atoms with Gasteiger partial charge in [0.1, 0.15) is 5.82 Å². The lowest BCUT2D eigenvalue weighted by atomic mass is 10.1. The first kappa shape index (κ1) is 19.4. The van der Waals surface area contributed by atoms with Gasteiger partial charge in [-0.15, -0.1) is 0 Å². The fraction of sp³-hybridized carbons (Fsp3) is 0.0833. The lowest BCUT2D eigenvalue weighted by Crippen LogP contribution is -2.28. The number of anilines is 1. The summed E-state index contributed by atoms with van der Waals surface area (Å²) >= 11 is 0. The van der Waals surface area contributed by atoms with Gasteiger partial charge in [-0.25, -0.2) is 9.18 Å². The number of carbonyl (C=O) groups excluding carboxylic acids is 1. The molecule has 1 heterocycles. The molecule has 0 saturated carbocycles. The van der Waals surface area contributed by atoms with Crippen molar-refractivity contribution >= 4 is 11.7 Å². The number of hydrogen-bond donors (Lipinski definition) is 2. The van der Waals surface area contributed by atoms with Gasteiger partial charge in [-0.3, -0.25) is 4.68 Å². The fourth-order valence-electron chi connectivity index (χ4n) is 3.19. The molecule has 1 aromatic heterocycles. The van der Waals surface area contributed by atoms with Crippen molar-refractivity contribution in [3.8, 4) is 11.3 Å². The van der Waals surface area contributed by atoms with Crippen LogP contribution in [0.5, 0.6) is 0 Å². The van der Waals surface area contributed by atoms with Gasteiger partial charge < -0.3 is 10.6 Å². The summed E-state index contributed by atoms with van der Waals surface area (Å²) in [5, 5.41) is 10.1. The van der Waals surface area contributed by atoms with Crippen LogP contribution < -0.4 is 10.6 Å². The Balaban J connectivity index is 1.52. The lowest BCUT2D eigenvalue weighted by molar-refractivity contribution is 0.251. The Morgan fingerprint density at radius 1 is 0.900 bits per heavy atom. The van der Waals surface area contributed by atoms with Crippen LogP contribution in [0.4, 0.5) is 14.9 Å². The number of halogens is 1. The number of hydrogen-bond acceptors (Lipinski definition) is 2. The Morgan fingerprint density at radius 2 is 1.57 bits per heavy atom. The van der Waals surface area contributed by atoms with Crippen molar-refractivity contribution in [2.75, 3.05) is 5.32 Å². The van der Waals surface area contributed by atoms with Gasteiger partial charge in [0.05, 0.1) is 17.9 Å². The first-order chi connectivity index (χ1) is 14.7. The highest BCUT2D eigenvalue weighted by molar-refractivity contribution is 5.89. The number of urea groups is 1. The summed E-state index contributed by atoms with van der Waals surface area (Å²) in [6.45, 7) is 0.890. The molecule has 150 valence electrons. The van der Waals surface area contributed by atoms with Crippen molar-refractivity contribution < 1.29 is 9.18 Å². The molecule has 4 rings (SSSR count). The second-order valence-electron chi connectivity index (χ2n) is 6.84. The number of rotatable bonds is 6. The van der Waals surface area contributed by atoms with Gasteiger partial charge in [-0.2, -0.15) is 5.10 Å². The molecular weight excluding hydrogens is 379 g/mol. The van der Waals surface area contributed by atoms with E-state index >= 15 is 0 Å². The van der Waals surface area contributed by atoms with Gasteiger partial charge in [0.2, 0.25) is 0 Å². The number of amides is 2. The summed E-state index contributed by atoms with van der Waals surface area (Å²) in [5.41, 5.74) is 3.92. The van der Waals surface area contributed by atoms with Gasteiger partial charge in [0, 0.05) is 23.9 Å². The summed E-state index contributed by atoms with van der Waals surface area (Å²) in [5.74, 6) is -0.478. The molecule has 2 N–H and O–H groups in total. The predicted molar refractivity (Wildman–Crippen MR) is 115 cm³/mol. The zero-order valence-electron chi connectivity index (χ0n) is 16.3. The number of nitrogens with one attached hydrogen (secondary N) is 2. The molecule has 3 aromatic carbocycles. The van der Waals surface area contributed by atoms with Crippen LogP contribution in [0.1, 0.15) is 11.1 Å². The van der Waals surface area contributed by atoms with Crippen LogP contribution in [0.25, 0.3) is 11.3 Å². The fourth-order valence-corrected chi connectivity index (χ4v) is 3.19. The maximum Gasteiger partial charge on any atom is 0.319 e. The van der Waals surface area contributed by atoms with Crippen molar-refractivity contribution in [1.82, 2.24) is 15.1 Å². The Morgan fingerprint density at radius 3 is 2.30 bits per heavy atom. The van der Waals surface area contributed by atoms with Gasteiger partial charge in [0.25, 0.3) is 0 Å². The monoisotopic (exact) mass is 400 g/mol. The number of carbonyl (C=O) groups is 1. The van der Waals surface area contributed by atoms with Crippen molar-refractivity contribution in [3.63, 3.8) is 0 Å². The van der Waals surface area contributed by atoms with Crippen molar-refractivity contribution in [2.24, 2.45) is 0 Å². The Bertz CT molecular complexity index is 1130. The average Bonchev–Trinajstić information content (AvgIpc) is 3.18. The number of benzene rings is 3. The van der Waals surface area contributed by atoms with E-state index in [1.807, 2.05) is 71.5 Å². The van der Waals surface area contributed by atoms with E-state index < -0.39 is 11.8 Å². The highest BCUT2D eigenvalue weighted by Gasteiger charge is 2.13.